The van der Waals surface area contributed by atoms with Gasteiger partial charge in [0.25, 0.3) is 0 Å². The van der Waals surface area contributed by atoms with Crippen LogP contribution in [0.2, 0.25) is 0 Å². The third-order valence-corrected chi connectivity index (χ3v) is 6.98. The quantitative estimate of drug-likeness (QED) is 0.398. The van der Waals surface area contributed by atoms with Gasteiger partial charge in [-0.3, -0.25) is 9.63 Å². The molecule has 0 bridgehead atoms. The van der Waals surface area contributed by atoms with Crippen molar-refractivity contribution in [2.75, 3.05) is 67.5 Å². The van der Waals surface area contributed by atoms with E-state index in [1.54, 1.807) is 24.3 Å². The summed E-state index contributed by atoms with van der Waals surface area (Å²) in [5.74, 6) is -0.706. The lowest BCUT2D eigenvalue weighted by atomic mass is 10.0. The van der Waals surface area contributed by atoms with Crippen LogP contribution in [0.4, 0.5) is 37.5 Å². The molecular formula is C28H31F2N7O3. The van der Waals surface area contributed by atoms with E-state index < -0.39 is 11.6 Å². The normalized spacial score (nSPS) is 17.6. The fourth-order valence-corrected chi connectivity index (χ4v) is 4.82. The van der Waals surface area contributed by atoms with Crippen LogP contribution in [0.25, 0.3) is 0 Å². The molecule has 2 aliphatic rings. The molecule has 3 heterocycles. The molecule has 2 saturated heterocycles. The molecule has 2 N–H and O–H groups in total. The lowest BCUT2D eigenvalue weighted by Gasteiger charge is -2.35. The zero-order valence-corrected chi connectivity index (χ0v) is 22.4. The Morgan fingerprint density at radius 2 is 1.90 bits per heavy atom. The van der Waals surface area contributed by atoms with Gasteiger partial charge in [0.1, 0.15) is 17.9 Å². The van der Waals surface area contributed by atoms with Crippen LogP contribution in [0, 0.1) is 11.6 Å². The van der Waals surface area contributed by atoms with E-state index in [0.29, 0.717) is 47.4 Å². The maximum atomic E-state index is 13.9. The molecule has 0 spiro atoms. The molecule has 40 heavy (non-hydrogen) atoms. The van der Waals surface area contributed by atoms with E-state index >= 15 is 0 Å². The third-order valence-electron chi connectivity index (χ3n) is 6.98. The molecule has 10 nitrogen and oxygen atoms in total. The van der Waals surface area contributed by atoms with Crippen LogP contribution in [0.15, 0.2) is 55.4 Å². The zero-order valence-electron chi connectivity index (χ0n) is 22.4. The van der Waals surface area contributed by atoms with E-state index in [9.17, 15) is 13.6 Å². The molecule has 5 rings (SSSR count). The molecule has 3 aromatic rings. The van der Waals surface area contributed by atoms with Crippen molar-refractivity contribution in [1.29, 1.82) is 0 Å². The Labute approximate surface area is 231 Å². The maximum Gasteiger partial charge on any atom is 0.247 e. The summed E-state index contributed by atoms with van der Waals surface area (Å²) in [5, 5.41) is 7.74. The van der Waals surface area contributed by atoms with Crippen molar-refractivity contribution < 1.29 is 23.1 Å². The van der Waals surface area contributed by atoms with E-state index in [2.05, 4.69) is 44.0 Å². The van der Waals surface area contributed by atoms with Gasteiger partial charge in [0.15, 0.2) is 17.5 Å². The van der Waals surface area contributed by atoms with Gasteiger partial charge in [-0.1, -0.05) is 12.6 Å². The van der Waals surface area contributed by atoms with Gasteiger partial charge in [-0.25, -0.2) is 23.8 Å². The first kappa shape index (κ1) is 27.3. The van der Waals surface area contributed by atoms with Crippen LogP contribution >= 0.6 is 0 Å². The van der Waals surface area contributed by atoms with Gasteiger partial charge in [0.05, 0.1) is 36.8 Å². The summed E-state index contributed by atoms with van der Waals surface area (Å²) in [5.41, 5.74) is 2.60. The van der Waals surface area contributed by atoms with Crippen LogP contribution in [-0.2, 0) is 9.63 Å². The monoisotopic (exact) mass is 551 g/mol. The Hall–Kier alpha value is -4.29. The standard InChI is InChI=1S/C28H31F2N7O3/c1-4-28(38)34-21-14-22(25(39-3)15-24(21)36-10-8-35(2)9-11-36)33-26-16-27(32-17-31-26)37-23(7-12-40-37)18-5-6-19(29)20(30)13-18/h4-6,13-17,23H,1,7-12H2,2-3H3,(H,34,38)(H,31,32,33)/t23-/m1/s1. The molecule has 1 atom stereocenters. The van der Waals surface area contributed by atoms with E-state index in [1.165, 1.54) is 24.5 Å². The Morgan fingerprint density at radius 1 is 1.10 bits per heavy atom. The number of hydrogen-bond acceptors (Lipinski definition) is 9. The van der Waals surface area contributed by atoms with Gasteiger partial charge < -0.3 is 25.2 Å². The summed E-state index contributed by atoms with van der Waals surface area (Å²) in [6.45, 7) is 7.35. The highest BCUT2D eigenvalue weighted by molar-refractivity contribution is 6.02. The number of nitrogens with one attached hydrogen (secondary N) is 2. The molecular weight excluding hydrogens is 520 g/mol. The summed E-state index contributed by atoms with van der Waals surface area (Å²) >= 11 is 0. The number of carbonyl (C=O) groups excluding carboxylic acids is 1. The van der Waals surface area contributed by atoms with E-state index in [0.717, 1.165) is 37.9 Å². The third kappa shape index (κ3) is 5.82. The second-order valence-corrected chi connectivity index (χ2v) is 9.58. The van der Waals surface area contributed by atoms with Crippen LogP contribution in [0.5, 0.6) is 5.75 Å². The first-order valence-corrected chi connectivity index (χ1v) is 12.9. The van der Waals surface area contributed by atoms with E-state index in [4.69, 9.17) is 9.57 Å². The smallest absolute Gasteiger partial charge is 0.247 e. The van der Waals surface area contributed by atoms with Crippen LogP contribution < -0.4 is 25.3 Å². The van der Waals surface area contributed by atoms with Crippen LogP contribution in [-0.4, -0.2) is 67.7 Å². The Bertz CT molecular complexity index is 1400. The molecule has 1 aromatic heterocycles. The summed E-state index contributed by atoms with van der Waals surface area (Å²) in [6.07, 6.45) is 3.18. The summed E-state index contributed by atoms with van der Waals surface area (Å²) in [4.78, 5) is 31.2. The van der Waals surface area contributed by atoms with Crippen molar-refractivity contribution in [3.63, 3.8) is 0 Å². The molecule has 2 fully saturated rings. The molecule has 1 amide bonds. The molecule has 2 aromatic carbocycles. The predicted molar refractivity (Wildman–Crippen MR) is 149 cm³/mol. The topological polar surface area (TPSA) is 95.1 Å². The Morgan fingerprint density at radius 3 is 2.62 bits per heavy atom. The molecule has 2 aliphatic heterocycles. The van der Waals surface area contributed by atoms with Gasteiger partial charge >= 0.3 is 0 Å². The van der Waals surface area contributed by atoms with Crippen LogP contribution in [0.1, 0.15) is 18.0 Å². The average Bonchev–Trinajstić information content (AvgIpc) is 3.45. The summed E-state index contributed by atoms with van der Waals surface area (Å²) < 4.78 is 33.1. The van der Waals surface area contributed by atoms with Crippen molar-refractivity contribution in [1.82, 2.24) is 14.9 Å². The fourth-order valence-electron chi connectivity index (χ4n) is 4.82. The molecule has 210 valence electrons. The number of ether oxygens (including phenoxy) is 1. The Balaban J connectivity index is 1.44. The lowest BCUT2D eigenvalue weighted by Crippen LogP contribution is -2.44. The zero-order chi connectivity index (χ0) is 28.2. The molecule has 12 heteroatoms. The number of benzene rings is 2. The van der Waals surface area contributed by atoms with Gasteiger partial charge in [-0.2, -0.15) is 0 Å². The fraction of sp³-hybridized carbons (Fsp3) is 0.321. The van der Waals surface area contributed by atoms with Gasteiger partial charge in [0, 0.05) is 44.7 Å². The van der Waals surface area contributed by atoms with Crippen molar-refractivity contribution in [2.24, 2.45) is 0 Å². The number of piperazine rings is 1. The minimum absolute atomic E-state index is 0.328. The van der Waals surface area contributed by atoms with Gasteiger partial charge in [0.2, 0.25) is 5.91 Å². The summed E-state index contributed by atoms with van der Waals surface area (Å²) in [7, 11) is 3.65. The number of aromatic nitrogens is 2. The number of likely N-dealkylation sites (N-methyl/N-ethyl adjacent to an activating group) is 1. The van der Waals surface area contributed by atoms with E-state index in [-0.39, 0.29) is 11.9 Å². The predicted octanol–water partition coefficient (Wildman–Crippen LogP) is 4.27. The SMILES string of the molecule is C=CC(=O)Nc1cc(Nc2cc(N3OCC[C@@H]3c3ccc(F)c(F)c3)ncn2)c(OC)cc1N1CCN(C)CC1. The molecule has 0 aliphatic carbocycles. The number of methoxy groups -OCH3 is 1. The number of nitrogens with zero attached hydrogens (tertiary/aromatic N) is 5. The number of hydroxylamine groups is 1. The van der Waals surface area contributed by atoms with Crippen molar-refractivity contribution >= 4 is 34.6 Å². The highest BCUT2D eigenvalue weighted by atomic mass is 19.2. The number of carbonyl (C=O) groups is 1. The molecule has 0 unspecified atom stereocenters. The largest absolute Gasteiger partial charge is 0.494 e. The highest BCUT2D eigenvalue weighted by Gasteiger charge is 2.30. The number of anilines is 5. The first-order chi connectivity index (χ1) is 19.4. The lowest BCUT2D eigenvalue weighted by molar-refractivity contribution is -0.111. The number of halogens is 2. The molecule has 0 radical (unpaired) electrons. The van der Waals surface area contributed by atoms with Gasteiger partial charge in [-0.05, 0) is 36.9 Å². The molecule has 0 saturated carbocycles. The average molecular weight is 552 g/mol. The number of amides is 1. The van der Waals surface area contributed by atoms with Crippen molar-refractivity contribution in [3.05, 3.63) is 72.6 Å². The van der Waals surface area contributed by atoms with Crippen LogP contribution in [0.3, 0.4) is 0 Å². The minimum Gasteiger partial charge on any atom is -0.494 e. The highest BCUT2D eigenvalue weighted by Crippen LogP contribution is 2.40. The van der Waals surface area contributed by atoms with Crippen molar-refractivity contribution in [2.45, 2.75) is 12.5 Å². The minimum atomic E-state index is -0.916. The second kappa shape index (κ2) is 11.8. The number of rotatable bonds is 8. The Kier molecular flexibility index (Phi) is 8.08. The van der Waals surface area contributed by atoms with Gasteiger partial charge in [-0.15, -0.1) is 0 Å². The number of hydrogen-bond donors (Lipinski definition) is 2. The first-order valence-electron chi connectivity index (χ1n) is 12.9. The maximum absolute atomic E-state index is 13.9. The van der Waals surface area contributed by atoms with E-state index in [1.807, 2.05) is 6.07 Å². The second-order valence-electron chi connectivity index (χ2n) is 9.58. The van der Waals surface area contributed by atoms with Crippen molar-refractivity contribution in [3.8, 4) is 5.75 Å². The summed E-state index contributed by atoms with van der Waals surface area (Å²) in [6, 6.07) is 8.84.